The Labute approximate surface area is 55.2 Å². The van der Waals surface area contributed by atoms with Crippen LogP contribution in [0.2, 0.25) is 0 Å². The van der Waals surface area contributed by atoms with E-state index in [0.29, 0.717) is 10.7 Å². The van der Waals surface area contributed by atoms with E-state index in [2.05, 4.69) is 26.2 Å². The second-order valence-electron chi connectivity index (χ2n) is 1.22. The molecule has 0 aliphatic heterocycles. The maximum Gasteiger partial charge on any atom is 0.295 e. The molecular weight excluding hydrogens is 172 g/mol. The van der Waals surface area contributed by atoms with Gasteiger partial charge in [0.05, 0.1) is 6.20 Å². The maximum atomic E-state index is 4.93. The van der Waals surface area contributed by atoms with Crippen molar-refractivity contribution in [1.82, 2.24) is 4.98 Å². The third-order valence-corrected chi connectivity index (χ3v) is 1.06. The van der Waals surface area contributed by atoms with Crippen LogP contribution in [0.5, 0.6) is 0 Å². The molecule has 0 saturated carbocycles. The molecule has 1 heterocycles. The summed E-state index contributed by atoms with van der Waals surface area (Å²) in [5.41, 5.74) is 0. The lowest BCUT2D eigenvalue weighted by Crippen LogP contribution is -1.84. The number of hydrogen-bond donors (Lipinski definition) is 1. The summed E-state index contributed by atoms with van der Waals surface area (Å²) in [5.74, 6) is 0. The Morgan fingerprint density at radius 2 is 2.62 bits per heavy atom. The van der Waals surface area contributed by atoms with Gasteiger partial charge in [-0.05, 0) is 15.9 Å². The molecule has 44 valence electrons. The molecule has 4 heteroatoms. The van der Waals surface area contributed by atoms with Crippen molar-refractivity contribution in [3.8, 4) is 0 Å². The number of nitrogens with zero attached hydrogens (tertiary/aromatic N) is 1. The molecule has 0 aliphatic rings. The summed E-state index contributed by atoms with van der Waals surface area (Å²) >= 11 is 3.10. The van der Waals surface area contributed by atoms with E-state index in [1.807, 2.05) is 0 Å². The molecule has 0 atom stereocenters. The van der Waals surface area contributed by atoms with Gasteiger partial charge < -0.3 is 9.73 Å². The summed E-state index contributed by atoms with van der Waals surface area (Å²) in [4.78, 5) is 3.81. The Morgan fingerprint density at radius 3 is 2.88 bits per heavy atom. The van der Waals surface area contributed by atoms with Gasteiger partial charge in [-0.1, -0.05) is 0 Å². The predicted molar refractivity (Wildman–Crippen MR) is 33.7 cm³/mol. The molecule has 1 aromatic rings. The monoisotopic (exact) mass is 176 g/mol. The molecule has 0 saturated heterocycles. The Morgan fingerprint density at radius 1 is 1.88 bits per heavy atom. The van der Waals surface area contributed by atoms with Crippen LogP contribution in [-0.2, 0) is 0 Å². The van der Waals surface area contributed by atoms with E-state index in [1.54, 1.807) is 13.2 Å². The smallest absolute Gasteiger partial charge is 0.295 e. The van der Waals surface area contributed by atoms with Gasteiger partial charge in [-0.15, -0.1) is 0 Å². The van der Waals surface area contributed by atoms with Gasteiger partial charge >= 0.3 is 0 Å². The lowest BCUT2D eigenvalue weighted by atomic mass is 11.0. The van der Waals surface area contributed by atoms with Crippen molar-refractivity contribution in [1.29, 1.82) is 0 Å². The minimum absolute atomic E-state index is 0.525. The SMILES string of the molecule is CNc1ncc(Br)o1. The molecule has 0 amide bonds. The summed E-state index contributed by atoms with van der Waals surface area (Å²) in [5, 5.41) is 2.74. The topological polar surface area (TPSA) is 38.1 Å². The van der Waals surface area contributed by atoms with E-state index in [9.17, 15) is 0 Å². The van der Waals surface area contributed by atoms with Crippen molar-refractivity contribution >= 4 is 21.9 Å². The summed E-state index contributed by atoms with van der Waals surface area (Å²) in [6, 6.07) is 0.525. The summed E-state index contributed by atoms with van der Waals surface area (Å²) in [6.07, 6.45) is 1.59. The fourth-order valence-corrected chi connectivity index (χ4v) is 0.626. The number of anilines is 1. The molecule has 0 radical (unpaired) electrons. The Kier molecular flexibility index (Phi) is 1.53. The van der Waals surface area contributed by atoms with Gasteiger partial charge in [0.2, 0.25) is 0 Å². The number of hydrogen-bond acceptors (Lipinski definition) is 3. The number of aromatic nitrogens is 1. The average Bonchev–Trinajstić information content (AvgIpc) is 2.14. The average molecular weight is 177 g/mol. The molecule has 0 aliphatic carbocycles. The Hall–Kier alpha value is -0.510. The van der Waals surface area contributed by atoms with E-state index in [-0.39, 0.29) is 0 Å². The molecule has 3 nitrogen and oxygen atoms in total. The van der Waals surface area contributed by atoms with Crippen LogP contribution in [0.4, 0.5) is 6.01 Å². The molecule has 0 bridgehead atoms. The minimum atomic E-state index is 0.525. The summed E-state index contributed by atoms with van der Waals surface area (Å²) in [6.45, 7) is 0. The Balaban J connectivity index is 2.84. The normalized spacial score (nSPS) is 9.25. The highest BCUT2D eigenvalue weighted by Crippen LogP contribution is 2.12. The van der Waals surface area contributed by atoms with E-state index in [1.165, 1.54) is 0 Å². The van der Waals surface area contributed by atoms with Crippen molar-refractivity contribution in [3.05, 3.63) is 10.9 Å². The first-order chi connectivity index (χ1) is 3.83. The Bertz CT molecular complexity index is 174. The molecule has 1 rings (SSSR count). The zero-order chi connectivity index (χ0) is 5.98. The van der Waals surface area contributed by atoms with E-state index >= 15 is 0 Å². The van der Waals surface area contributed by atoms with Gasteiger partial charge in [-0.2, -0.15) is 0 Å². The molecule has 1 N–H and O–H groups in total. The third-order valence-electron chi connectivity index (χ3n) is 0.691. The van der Waals surface area contributed by atoms with Crippen molar-refractivity contribution in [2.75, 3.05) is 12.4 Å². The van der Waals surface area contributed by atoms with Crippen molar-refractivity contribution < 1.29 is 4.42 Å². The largest absolute Gasteiger partial charge is 0.417 e. The second kappa shape index (κ2) is 2.17. The van der Waals surface area contributed by atoms with Crippen molar-refractivity contribution in [2.45, 2.75) is 0 Å². The third kappa shape index (κ3) is 1.01. The molecule has 0 aromatic carbocycles. The van der Waals surface area contributed by atoms with Crippen LogP contribution in [0.3, 0.4) is 0 Å². The van der Waals surface area contributed by atoms with E-state index in [0.717, 1.165) is 0 Å². The van der Waals surface area contributed by atoms with Crippen LogP contribution >= 0.6 is 15.9 Å². The lowest BCUT2D eigenvalue weighted by Gasteiger charge is -1.84. The number of rotatable bonds is 1. The number of oxazole rings is 1. The first-order valence-electron chi connectivity index (χ1n) is 2.12. The van der Waals surface area contributed by atoms with E-state index < -0.39 is 0 Å². The van der Waals surface area contributed by atoms with Crippen molar-refractivity contribution in [3.63, 3.8) is 0 Å². The first-order valence-corrected chi connectivity index (χ1v) is 2.91. The molecular formula is C4H5BrN2O. The van der Waals surface area contributed by atoms with Gasteiger partial charge in [0.25, 0.3) is 6.01 Å². The lowest BCUT2D eigenvalue weighted by molar-refractivity contribution is 0.550. The van der Waals surface area contributed by atoms with Crippen LogP contribution in [0, 0.1) is 0 Å². The van der Waals surface area contributed by atoms with Crippen LogP contribution in [-0.4, -0.2) is 12.0 Å². The van der Waals surface area contributed by atoms with Gasteiger partial charge in [-0.25, -0.2) is 4.98 Å². The zero-order valence-electron chi connectivity index (χ0n) is 4.31. The number of nitrogens with one attached hydrogen (secondary N) is 1. The van der Waals surface area contributed by atoms with Gasteiger partial charge in [0.15, 0.2) is 4.67 Å². The highest BCUT2D eigenvalue weighted by molar-refractivity contribution is 9.10. The predicted octanol–water partition coefficient (Wildman–Crippen LogP) is 1.48. The fraction of sp³-hybridized carbons (Fsp3) is 0.250. The second-order valence-corrected chi connectivity index (χ2v) is 2.00. The summed E-state index contributed by atoms with van der Waals surface area (Å²) < 4.78 is 5.57. The van der Waals surface area contributed by atoms with Crippen LogP contribution in [0.1, 0.15) is 0 Å². The maximum absolute atomic E-state index is 4.93. The van der Waals surface area contributed by atoms with Crippen LogP contribution in [0.25, 0.3) is 0 Å². The summed E-state index contributed by atoms with van der Waals surface area (Å²) in [7, 11) is 1.75. The molecule has 0 spiro atoms. The van der Waals surface area contributed by atoms with Gasteiger partial charge in [0, 0.05) is 7.05 Å². The fourth-order valence-electron chi connectivity index (χ4n) is 0.370. The van der Waals surface area contributed by atoms with Crippen LogP contribution in [0.15, 0.2) is 15.3 Å². The highest BCUT2D eigenvalue weighted by atomic mass is 79.9. The molecule has 1 aromatic heterocycles. The van der Waals surface area contributed by atoms with Crippen LogP contribution < -0.4 is 5.32 Å². The molecule has 0 unspecified atom stereocenters. The first kappa shape index (κ1) is 5.62. The van der Waals surface area contributed by atoms with Gasteiger partial charge in [0.1, 0.15) is 0 Å². The van der Waals surface area contributed by atoms with Gasteiger partial charge in [-0.3, -0.25) is 0 Å². The highest BCUT2D eigenvalue weighted by Gasteiger charge is 1.93. The number of halogens is 1. The van der Waals surface area contributed by atoms with E-state index in [4.69, 9.17) is 4.42 Å². The molecule has 0 fully saturated rings. The van der Waals surface area contributed by atoms with Crippen molar-refractivity contribution in [2.24, 2.45) is 0 Å². The quantitative estimate of drug-likeness (QED) is 0.705. The minimum Gasteiger partial charge on any atom is -0.417 e. The molecule has 8 heavy (non-hydrogen) atoms. The zero-order valence-corrected chi connectivity index (χ0v) is 5.90. The standard InChI is InChI=1S/C4H5BrN2O/c1-6-4-7-2-3(5)8-4/h2H,1H3,(H,6,7).